The van der Waals surface area contributed by atoms with Crippen LogP contribution in [0.4, 0.5) is 4.79 Å². The molecule has 19 heavy (non-hydrogen) atoms. The predicted octanol–water partition coefficient (Wildman–Crippen LogP) is 2.31. The summed E-state index contributed by atoms with van der Waals surface area (Å²) in [6.07, 6.45) is -0.0985. The second-order valence-electron chi connectivity index (χ2n) is 4.00. The zero-order valence-corrected chi connectivity index (χ0v) is 12.1. The maximum Gasteiger partial charge on any atom is 0.505 e. The quantitative estimate of drug-likeness (QED) is 0.436. The Kier molecular flexibility index (Phi) is 11.7. The summed E-state index contributed by atoms with van der Waals surface area (Å²) in [6.45, 7) is 8.10. The van der Waals surface area contributed by atoms with Crippen LogP contribution < -0.4 is 0 Å². The first kappa shape index (κ1) is 18.1. The molecule has 2 atom stereocenters. The fourth-order valence-corrected chi connectivity index (χ4v) is 1.50. The summed E-state index contributed by atoms with van der Waals surface area (Å²) < 4.78 is 20.9. The third-order valence-electron chi connectivity index (χ3n) is 2.56. The van der Waals surface area contributed by atoms with Gasteiger partial charge in [-0.25, -0.2) is 4.79 Å². The maximum absolute atomic E-state index is 10.4. The van der Waals surface area contributed by atoms with Crippen molar-refractivity contribution in [2.24, 2.45) is 0 Å². The van der Waals surface area contributed by atoms with Gasteiger partial charge in [0.25, 0.3) is 0 Å². The topological polar surface area (TPSA) is 74.2 Å². The molecule has 1 N–H and O–H groups in total. The second kappa shape index (κ2) is 12.2. The molecule has 0 amide bonds. The van der Waals surface area contributed by atoms with Crippen molar-refractivity contribution >= 4 is 6.16 Å². The van der Waals surface area contributed by atoms with Gasteiger partial charge in [-0.3, -0.25) is 0 Å². The van der Waals surface area contributed by atoms with Crippen LogP contribution in [0.2, 0.25) is 0 Å². The lowest BCUT2D eigenvalue weighted by molar-refractivity contribution is -0.0699. The van der Waals surface area contributed by atoms with E-state index in [1.54, 1.807) is 0 Å². The summed E-state index contributed by atoms with van der Waals surface area (Å²) in [7, 11) is 0. The molecule has 0 aromatic carbocycles. The minimum absolute atomic E-state index is 0.0188. The van der Waals surface area contributed by atoms with E-state index < -0.39 is 6.16 Å². The van der Waals surface area contributed by atoms with Crippen LogP contribution >= 0.6 is 0 Å². The van der Waals surface area contributed by atoms with Crippen molar-refractivity contribution in [1.82, 2.24) is 0 Å². The van der Waals surface area contributed by atoms with Gasteiger partial charge in [0, 0.05) is 26.2 Å². The summed E-state index contributed by atoms with van der Waals surface area (Å²) in [5, 5.41) is 8.51. The highest BCUT2D eigenvalue weighted by atomic mass is 16.7. The Labute approximate surface area is 115 Å². The molecule has 114 valence electrons. The van der Waals surface area contributed by atoms with Crippen molar-refractivity contribution in [3.63, 3.8) is 0 Å². The third kappa shape index (κ3) is 10.7. The lowest BCUT2D eigenvalue weighted by atomic mass is 10.2. The largest absolute Gasteiger partial charge is 0.505 e. The normalized spacial score (nSPS) is 14.1. The zero-order valence-electron chi connectivity index (χ0n) is 12.1. The molecule has 0 fully saturated rings. The van der Waals surface area contributed by atoms with Gasteiger partial charge in [-0.15, -0.1) is 0 Å². The maximum atomic E-state index is 10.4. The second-order valence-corrected chi connectivity index (χ2v) is 4.00. The van der Waals surface area contributed by atoms with Crippen LogP contribution in [0.3, 0.4) is 0 Å². The van der Waals surface area contributed by atoms with Crippen molar-refractivity contribution in [3.8, 4) is 0 Å². The summed E-state index contributed by atoms with van der Waals surface area (Å²) >= 11 is 0. The molecule has 0 rings (SSSR count). The SMILES string of the molecule is CCOCCC(COC(=O)O)OCC(CC)OCC. The summed E-state index contributed by atoms with van der Waals surface area (Å²) in [5.41, 5.74) is 0. The molecule has 6 nitrogen and oxygen atoms in total. The van der Waals surface area contributed by atoms with Gasteiger partial charge in [0.1, 0.15) is 6.61 Å². The van der Waals surface area contributed by atoms with Gasteiger partial charge in [0.15, 0.2) is 0 Å². The molecule has 0 saturated carbocycles. The van der Waals surface area contributed by atoms with E-state index in [0.717, 1.165) is 6.42 Å². The number of hydrogen-bond donors (Lipinski definition) is 1. The van der Waals surface area contributed by atoms with Crippen molar-refractivity contribution in [2.75, 3.05) is 33.0 Å². The van der Waals surface area contributed by atoms with Gasteiger partial charge in [0.05, 0.1) is 18.8 Å². The van der Waals surface area contributed by atoms with E-state index in [0.29, 0.717) is 32.8 Å². The molecule has 0 heterocycles. The molecule has 0 bridgehead atoms. The first-order chi connectivity index (χ1) is 9.13. The Hall–Kier alpha value is -0.850. The van der Waals surface area contributed by atoms with E-state index in [-0.39, 0.29) is 18.8 Å². The van der Waals surface area contributed by atoms with E-state index in [2.05, 4.69) is 4.74 Å². The molecular weight excluding hydrogens is 252 g/mol. The zero-order chi connectivity index (χ0) is 14.5. The van der Waals surface area contributed by atoms with Gasteiger partial charge in [-0.05, 0) is 20.3 Å². The number of ether oxygens (including phenoxy) is 4. The van der Waals surface area contributed by atoms with Crippen LogP contribution in [0, 0.1) is 0 Å². The highest BCUT2D eigenvalue weighted by molar-refractivity contribution is 5.56. The van der Waals surface area contributed by atoms with Crippen LogP contribution in [-0.2, 0) is 18.9 Å². The molecule has 0 saturated heterocycles. The van der Waals surface area contributed by atoms with Crippen LogP contribution in [0.1, 0.15) is 33.6 Å². The molecule has 0 aromatic rings. The number of rotatable bonds is 12. The Morgan fingerprint density at radius 2 is 1.79 bits per heavy atom. The van der Waals surface area contributed by atoms with E-state index in [9.17, 15) is 4.79 Å². The molecule has 2 unspecified atom stereocenters. The minimum Gasteiger partial charge on any atom is -0.450 e. The van der Waals surface area contributed by atoms with Crippen LogP contribution in [0.15, 0.2) is 0 Å². The Bertz CT molecular complexity index is 221. The smallest absolute Gasteiger partial charge is 0.450 e. The van der Waals surface area contributed by atoms with Crippen molar-refractivity contribution in [3.05, 3.63) is 0 Å². The van der Waals surface area contributed by atoms with Gasteiger partial charge < -0.3 is 24.1 Å². The van der Waals surface area contributed by atoms with Gasteiger partial charge in [-0.1, -0.05) is 6.92 Å². The monoisotopic (exact) mass is 278 g/mol. The molecular formula is C13H26O6. The van der Waals surface area contributed by atoms with Crippen molar-refractivity contribution in [1.29, 1.82) is 0 Å². The first-order valence-corrected chi connectivity index (χ1v) is 6.80. The molecule has 0 aliphatic heterocycles. The first-order valence-electron chi connectivity index (χ1n) is 6.80. The van der Waals surface area contributed by atoms with Gasteiger partial charge in [0.2, 0.25) is 0 Å². The Morgan fingerprint density at radius 3 is 2.32 bits per heavy atom. The number of carbonyl (C=O) groups is 1. The minimum atomic E-state index is -1.29. The summed E-state index contributed by atoms with van der Waals surface area (Å²) in [6, 6.07) is 0. The molecule has 0 aliphatic carbocycles. The third-order valence-corrected chi connectivity index (χ3v) is 2.56. The average molecular weight is 278 g/mol. The van der Waals surface area contributed by atoms with Gasteiger partial charge in [-0.2, -0.15) is 0 Å². The fraction of sp³-hybridized carbons (Fsp3) is 0.923. The van der Waals surface area contributed by atoms with Crippen molar-refractivity contribution < 1.29 is 28.8 Å². The Balaban J connectivity index is 4.03. The predicted molar refractivity (Wildman–Crippen MR) is 70.5 cm³/mol. The molecule has 0 aliphatic rings. The highest BCUT2D eigenvalue weighted by Crippen LogP contribution is 2.06. The summed E-state index contributed by atoms with van der Waals surface area (Å²) in [5.74, 6) is 0. The van der Waals surface area contributed by atoms with E-state index in [4.69, 9.17) is 19.3 Å². The molecule has 0 radical (unpaired) electrons. The average Bonchev–Trinajstić information content (AvgIpc) is 2.39. The number of carboxylic acid groups (broad SMARTS) is 1. The van der Waals surface area contributed by atoms with Crippen molar-refractivity contribution in [2.45, 2.75) is 45.8 Å². The highest BCUT2D eigenvalue weighted by Gasteiger charge is 2.15. The van der Waals surface area contributed by atoms with E-state index >= 15 is 0 Å². The van der Waals surface area contributed by atoms with Crippen LogP contribution in [0.25, 0.3) is 0 Å². The summed E-state index contributed by atoms with van der Waals surface area (Å²) in [4.78, 5) is 10.4. The van der Waals surface area contributed by atoms with Crippen LogP contribution in [0.5, 0.6) is 0 Å². The Morgan fingerprint density at radius 1 is 1.05 bits per heavy atom. The lowest BCUT2D eigenvalue weighted by Crippen LogP contribution is -2.28. The number of hydrogen-bond acceptors (Lipinski definition) is 5. The molecule has 0 spiro atoms. The van der Waals surface area contributed by atoms with E-state index in [1.807, 2.05) is 20.8 Å². The molecule has 6 heteroatoms. The standard InChI is InChI=1S/C13H26O6/c1-4-11(17-6-3)9-18-12(7-8-16-5-2)10-19-13(14)15/h11-12H,4-10H2,1-3H3,(H,14,15). The fourth-order valence-electron chi connectivity index (χ4n) is 1.50. The van der Waals surface area contributed by atoms with E-state index in [1.165, 1.54) is 0 Å². The molecule has 0 aromatic heterocycles. The van der Waals surface area contributed by atoms with Crippen LogP contribution in [-0.4, -0.2) is 56.5 Å². The lowest BCUT2D eigenvalue weighted by Gasteiger charge is -2.21. The van der Waals surface area contributed by atoms with Gasteiger partial charge >= 0.3 is 6.16 Å².